The fourth-order valence-electron chi connectivity index (χ4n) is 3.37. The highest BCUT2D eigenvalue weighted by Crippen LogP contribution is 2.39. The quantitative estimate of drug-likeness (QED) is 0.848. The summed E-state index contributed by atoms with van der Waals surface area (Å²) in [5.74, 6) is 2.13. The second kappa shape index (κ2) is 6.04. The summed E-state index contributed by atoms with van der Waals surface area (Å²) in [4.78, 5) is 0. The topological polar surface area (TPSA) is 12.0 Å². The van der Waals surface area contributed by atoms with E-state index in [0.29, 0.717) is 5.92 Å². The molecule has 1 fully saturated rings. The second-order valence-corrected chi connectivity index (χ2v) is 6.30. The molecule has 1 aromatic rings. The van der Waals surface area contributed by atoms with Gasteiger partial charge in [0, 0.05) is 6.04 Å². The first-order valence-electron chi connectivity index (χ1n) is 7.46. The SMILES string of the molecule is CNC(c1ccc(C)c(F)c1)C1CCC(C)C(C)C1. The third kappa shape index (κ3) is 3.17. The molecule has 1 N–H and O–H groups in total. The lowest BCUT2D eigenvalue weighted by Gasteiger charge is -2.37. The summed E-state index contributed by atoms with van der Waals surface area (Å²) in [7, 11) is 1.99. The Morgan fingerprint density at radius 1 is 1.21 bits per heavy atom. The van der Waals surface area contributed by atoms with Crippen LogP contribution < -0.4 is 5.32 Å². The molecule has 4 atom stereocenters. The second-order valence-electron chi connectivity index (χ2n) is 6.30. The Bertz CT molecular complexity index is 429. The zero-order chi connectivity index (χ0) is 14.0. The Hall–Kier alpha value is -0.890. The minimum absolute atomic E-state index is 0.0880. The van der Waals surface area contributed by atoms with Crippen LogP contribution in [0.2, 0.25) is 0 Å². The zero-order valence-corrected chi connectivity index (χ0v) is 12.5. The Kier molecular flexibility index (Phi) is 4.62. The molecule has 0 amide bonds. The third-order valence-corrected chi connectivity index (χ3v) is 4.98. The predicted octanol–water partition coefficient (Wildman–Crippen LogP) is 4.47. The number of halogens is 1. The Labute approximate surface area is 116 Å². The molecule has 2 heteroatoms. The van der Waals surface area contributed by atoms with E-state index in [2.05, 4.69) is 25.2 Å². The van der Waals surface area contributed by atoms with Gasteiger partial charge in [-0.2, -0.15) is 0 Å². The highest BCUT2D eigenvalue weighted by atomic mass is 19.1. The molecule has 1 saturated carbocycles. The van der Waals surface area contributed by atoms with Crippen LogP contribution in [0.4, 0.5) is 4.39 Å². The molecular weight excluding hydrogens is 237 g/mol. The number of hydrogen-bond donors (Lipinski definition) is 1. The summed E-state index contributed by atoms with van der Waals surface area (Å²) in [5.41, 5.74) is 1.82. The Morgan fingerprint density at radius 3 is 2.53 bits per heavy atom. The molecule has 0 heterocycles. The minimum Gasteiger partial charge on any atom is -0.313 e. The molecule has 4 unspecified atom stereocenters. The van der Waals surface area contributed by atoms with Crippen LogP contribution in [-0.4, -0.2) is 7.05 Å². The highest BCUT2D eigenvalue weighted by molar-refractivity contribution is 5.26. The molecule has 1 nitrogen and oxygen atoms in total. The molecule has 0 bridgehead atoms. The lowest BCUT2D eigenvalue weighted by molar-refractivity contribution is 0.174. The lowest BCUT2D eigenvalue weighted by Crippen LogP contribution is -2.31. The first kappa shape index (κ1) is 14.5. The van der Waals surface area contributed by atoms with Crippen LogP contribution in [0, 0.1) is 30.5 Å². The standard InChI is InChI=1S/C17H26FN/c1-11-5-7-14(9-13(11)3)17(19-4)15-8-6-12(2)16(18)10-15/h6,8,10-11,13-14,17,19H,5,7,9H2,1-4H3. The van der Waals surface area contributed by atoms with E-state index >= 15 is 0 Å². The van der Waals surface area contributed by atoms with Crippen molar-refractivity contribution in [1.29, 1.82) is 0 Å². The van der Waals surface area contributed by atoms with Gasteiger partial charge in [0.1, 0.15) is 5.82 Å². The van der Waals surface area contributed by atoms with Gasteiger partial charge in [-0.15, -0.1) is 0 Å². The van der Waals surface area contributed by atoms with Gasteiger partial charge in [0.05, 0.1) is 0 Å². The summed E-state index contributed by atoms with van der Waals surface area (Å²) in [5, 5.41) is 3.40. The van der Waals surface area contributed by atoms with Crippen LogP contribution in [-0.2, 0) is 0 Å². The minimum atomic E-state index is -0.0880. The largest absolute Gasteiger partial charge is 0.313 e. The summed E-state index contributed by atoms with van der Waals surface area (Å²) in [6, 6.07) is 5.95. The van der Waals surface area contributed by atoms with E-state index in [-0.39, 0.29) is 11.9 Å². The van der Waals surface area contributed by atoms with Crippen LogP contribution in [0.5, 0.6) is 0 Å². The molecular formula is C17H26FN. The van der Waals surface area contributed by atoms with Crippen molar-refractivity contribution in [3.8, 4) is 0 Å². The number of nitrogens with one attached hydrogen (secondary N) is 1. The van der Waals surface area contributed by atoms with Gasteiger partial charge in [0.15, 0.2) is 0 Å². The Balaban J connectivity index is 2.17. The van der Waals surface area contributed by atoms with E-state index in [0.717, 1.165) is 23.0 Å². The fourth-order valence-corrected chi connectivity index (χ4v) is 3.37. The van der Waals surface area contributed by atoms with E-state index in [1.165, 1.54) is 19.3 Å². The van der Waals surface area contributed by atoms with Gasteiger partial charge in [0.25, 0.3) is 0 Å². The first-order chi connectivity index (χ1) is 9.02. The van der Waals surface area contributed by atoms with E-state index in [4.69, 9.17) is 0 Å². The number of rotatable bonds is 3. The van der Waals surface area contributed by atoms with Crippen LogP contribution in [0.25, 0.3) is 0 Å². The summed E-state index contributed by atoms with van der Waals surface area (Å²) in [6.07, 6.45) is 3.77. The molecule has 19 heavy (non-hydrogen) atoms. The maximum absolute atomic E-state index is 13.8. The van der Waals surface area contributed by atoms with Gasteiger partial charge in [-0.3, -0.25) is 0 Å². The molecule has 1 aromatic carbocycles. The highest BCUT2D eigenvalue weighted by Gasteiger charge is 2.30. The normalized spacial score (nSPS) is 29.2. The van der Waals surface area contributed by atoms with Crippen molar-refractivity contribution in [3.05, 3.63) is 35.1 Å². The number of hydrogen-bond acceptors (Lipinski definition) is 1. The van der Waals surface area contributed by atoms with Gasteiger partial charge >= 0.3 is 0 Å². The molecule has 1 aliphatic rings. The van der Waals surface area contributed by atoms with E-state index in [1.807, 2.05) is 20.0 Å². The van der Waals surface area contributed by atoms with Crippen LogP contribution >= 0.6 is 0 Å². The van der Waals surface area contributed by atoms with Crippen molar-refractivity contribution in [2.45, 2.75) is 46.1 Å². The molecule has 0 saturated heterocycles. The third-order valence-electron chi connectivity index (χ3n) is 4.98. The number of aryl methyl sites for hydroxylation is 1. The maximum atomic E-state index is 13.8. The van der Waals surface area contributed by atoms with Crippen molar-refractivity contribution < 1.29 is 4.39 Å². The lowest BCUT2D eigenvalue weighted by atomic mass is 9.72. The fraction of sp³-hybridized carbons (Fsp3) is 0.647. The smallest absolute Gasteiger partial charge is 0.126 e. The average Bonchev–Trinajstić information content (AvgIpc) is 2.39. The van der Waals surface area contributed by atoms with Crippen molar-refractivity contribution in [2.24, 2.45) is 17.8 Å². The molecule has 0 radical (unpaired) electrons. The first-order valence-corrected chi connectivity index (χ1v) is 7.46. The van der Waals surface area contributed by atoms with E-state index < -0.39 is 0 Å². The summed E-state index contributed by atoms with van der Waals surface area (Å²) < 4.78 is 13.8. The molecule has 1 aliphatic carbocycles. The van der Waals surface area contributed by atoms with Crippen molar-refractivity contribution in [1.82, 2.24) is 5.32 Å². The molecule has 0 aromatic heterocycles. The molecule has 0 aliphatic heterocycles. The van der Waals surface area contributed by atoms with Crippen molar-refractivity contribution in [3.63, 3.8) is 0 Å². The van der Waals surface area contributed by atoms with E-state index in [9.17, 15) is 4.39 Å². The monoisotopic (exact) mass is 263 g/mol. The van der Waals surface area contributed by atoms with Gasteiger partial charge in [0.2, 0.25) is 0 Å². The summed E-state index contributed by atoms with van der Waals surface area (Å²) in [6.45, 7) is 6.51. The van der Waals surface area contributed by atoms with Gasteiger partial charge in [-0.25, -0.2) is 4.39 Å². The molecule has 106 valence electrons. The van der Waals surface area contributed by atoms with Crippen LogP contribution in [0.3, 0.4) is 0 Å². The number of benzene rings is 1. The molecule has 0 spiro atoms. The predicted molar refractivity (Wildman–Crippen MR) is 78.6 cm³/mol. The maximum Gasteiger partial charge on any atom is 0.126 e. The summed E-state index contributed by atoms with van der Waals surface area (Å²) >= 11 is 0. The zero-order valence-electron chi connectivity index (χ0n) is 12.5. The van der Waals surface area contributed by atoms with Crippen LogP contribution in [0.1, 0.15) is 50.3 Å². The van der Waals surface area contributed by atoms with Crippen LogP contribution in [0.15, 0.2) is 18.2 Å². The van der Waals surface area contributed by atoms with E-state index in [1.54, 1.807) is 6.07 Å². The van der Waals surface area contributed by atoms with Gasteiger partial charge in [-0.1, -0.05) is 32.4 Å². The van der Waals surface area contributed by atoms with Crippen molar-refractivity contribution >= 4 is 0 Å². The van der Waals surface area contributed by atoms with Crippen molar-refractivity contribution in [2.75, 3.05) is 7.05 Å². The Morgan fingerprint density at radius 2 is 1.95 bits per heavy atom. The molecule has 2 rings (SSSR count). The van der Waals surface area contributed by atoms with Gasteiger partial charge in [-0.05, 0) is 61.8 Å². The average molecular weight is 263 g/mol. The van der Waals surface area contributed by atoms with Gasteiger partial charge < -0.3 is 5.32 Å².